The molecule has 1 N–H and O–H groups in total. The van der Waals surface area contributed by atoms with Crippen LogP contribution in [0.2, 0.25) is 0 Å². The molecular formula is C21H23N3O7S. The Bertz CT molecular complexity index is 1170. The Kier molecular flexibility index (Phi) is 7.21. The van der Waals surface area contributed by atoms with E-state index in [1.165, 1.54) is 18.2 Å². The van der Waals surface area contributed by atoms with E-state index in [9.17, 15) is 22.8 Å². The summed E-state index contributed by atoms with van der Waals surface area (Å²) in [5, 5.41) is 4.15. The average Bonchev–Trinajstić information content (AvgIpc) is 2.90. The smallest absolute Gasteiger partial charge is 0.325 e. The van der Waals surface area contributed by atoms with Crippen LogP contribution in [0, 0.1) is 0 Å². The molecular weight excluding hydrogens is 438 g/mol. The van der Waals surface area contributed by atoms with Gasteiger partial charge in [0.15, 0.2) is 0 Å². The predicted molar refractivity (Wildman–Crippen MR) is 115 cm³/mol. The Morgan fingerprint density at radius 3 is 2.72 bits per heavy atom. The van der Waals surface area contributed by atoms with Crippen LogP contribution in [0.15, 0.2) is 48.2 Å². The minimum Gasteiger partial charge on any atom is -0.468 e. The van der Waals surface area contributed by atoms with Crippen LogP contribution in [0.4, 0.5) is 0 Å². The van der Waals surface area contributed by atoms with E-state index < -0.39 is 33.9 Å². The number of pyridine rings is 1. The van der Waals surface area contributed by atoms with Crippen molar-refractivity contribution in [1.29, 1.82) is 0 Å². The zero-order valence-corrected chi connectivity index (χ0v) is 18.4. The van der Waals surface area contributed by atoms with Gasteiger partial charge in [-0.15, -0.1) is 0 Å². The molecule has 1 atom stereocenters. The number of fused-ring (bicyclic) bond motifs is 1. The number of hydrogen-bond acceptors (Lipinski definition) is 8. The molecule has 0 fully saturated rings. The molecule has 32 heavy (non-hydrogen) atoms. The number of ether oxygens (including phenoxy) is 1. The van der Waals surface area contributed by atoms with Gasteiger partial charge in [-0.05, 0) is 23.4 Å². The van der Waals surface area contributed by atoms with Crippen LogP contribution in [0.3, 0.4) is 0 Å². The molecule has 0 spiro atoms. The lowest BCUT2D eigenvalue weighted by Gasteiger charge is -2.24. The number of hydrogen-bond donors (Lipinski definition) is 1. The molecule has 0 aliphatic carbocycles. The molecule has 1 aromatic heterocycles. The molecule has 1 aromatic carbocycles. The molecule has 0 bridgehead atoms. The highest BCUT2D eigenvalue weighted by Crippen LogP contribution is 2.18. The maximum absolute atomic E-state index is 13.1. The van der Waals surface area contributed by atoms with Crippen molar-refractivity contribution in [1.82, 2.24) is 15.2 Å². The number of rotatable bonds is 7. The number of methoxy groups -OCH3 is 1. The lowest BCUT2D eigenvalue weighted by atomic mass is 10.1. The SMILES string of the molecule is COC(=O)CN1CC(COS(C)(=O)=O)=CCC(NC(=O)c2nccc3ccccc23)C1=O. The Morgan fingerprint density at radius 1 is 1.25 bits per heavy atom. The third kappa shape index (κ3) is 5.89. The van der Waals surface area contributed by atoms with Gasteiger partial charge in [0.05, 0.1) is 20.0 Å². The summed E-state index contributed by atoms with van der Waals surface area (Å²) in [6.07, 6.45) is 4.15. The maximum atomic E-state index is 13.1. The number of aromatic nitrogens is 1. The molecule has 1 aliphatic rings. The van der Waals surface area contributed by atoms with Crippen LogP contribution in [-0.4, -0.2) is 75.2 Å². The Balaban J connectivity index is 1.84. The normalized spacial score (nSPS) is 16.9. The highest BCUT2D eigenvalue weighted by molar-refractivity contribution is 7.86. The van der Waals surface area contributed by atoms with Gasteiger partial charge in [0.2, 0.25) is 5.91 Å². The summed E-state index contributed by atoms with van der Waals surface area (Å²) in [4.78, 5) is 43.2. The fourth-order valence-electron chi connectivity index (χ4n) is 3.28. The van der Waals surface area contributed by atoms with Crippen molar-refractivity contribution in [2.45, 2.75) is 12.5 Å². The standard InChI is InChI=1S/C21H23N3O7S/c1-30-18(25)12-24-11-14(13-31-32(2,28)29)7-8-17(21(24)27)23-20(26)19-16-6-4-3-5-15(16)9-10-22-19/h3-7,9-10,17H,8,11-13H2,1-2H3,(H,23,26). The second kappa shape index (κ2) is 9.88. The Hall–Kier alpha value is -3.31. The molecule has 170 valence electrons. The van der Waals surface area contributed by atoms with Gasteiger partial charge >= 0.3 is 5.97 Å². The topological polar surface area (TPSA) is 132 Å². The molecule has 0 saturated carbocycles. The largest absolute Gasteiger partial charge is 0.468 e. The van der Waals surface area contributed by atoms with E-state index in [-0.39, 0.29) is 31.8 Å². The van der Waals surface area contributed by atoms with E-state index >= 15 is 0 Å². The first kappa shape index (κ1) is 23.4. The molecule has 3 rings (SSSR count). The first-order valence-corrected chi connectivity index (χ1v) is 11.5. The van der Waals surface area contributed by atoms with Gasteiger partial charge in [0, 0.05) is 18.1 Å². The summed E-state index contributed by atoms with van der Waals surface area (Å²) in [6.45, 7) is -0.665. The minimum atomic E-state index is -3.70. The van der Waals surface area contributed by atoms with E-state index in [1.807, 2.05) is 12.1 Å². The number of amides is 2. The first-order valence-electron chi connectivity index (χ1n) is 9.70. The van der Waals surface area contributed by atoms with Gasteiger partial charge in [-0.3, -0.25) is 23.6 Å². The van der Waals surface area contributed by atoms with Gasteiger partial charge in [0.25, 0.3) is 16.0 Å². The van der Waals surface area contributed by atoms with Crippen molar-refractivity contribution in [3.63, 3.8) is 0 Å². The van der Waals surface area contributed by atoms with Crippen LogP contribution in [0.5, 0.6) is 0 Å². The van der Waals surface area contributed by atoms with Crippen molar-refractivity contribution in [2.75, 3.05) is 33.1 Å². The third-order valence-electron chi connectivity index (χ3n) is 4.85. The van der Waals surface area contributed by atoms with Crippen molar-refractivity contribution in [3.8, 4) is 0 Å². The van der Waals surface area contributed by atoms with Crippen LogP contribution < -0.4 is 5.32 Å². The maximum Gasteiger partial charge on any atom is 0.325 e. The molecule has 0 saturated heterocycles. The first-order chi connectivity index (χ1) is 15.2. The lowest BCUT2D eigenvalue weighted by Crippen LogP contribution is -2.49. The second-order valence-electron chi connectivity index (χ2n) is 7.24. The molecule has 2 amide bonds. The van der Waals surface area contributed by atoms with E-state index in [4.69, 9.17) is 4.18 Å². The van der Waals surface area contributed by atoms with Crippen LogP contribution >= 0.6 is 0 Å². The summed E-state index contributed by atoms with van der Waals surface area (Å²) in [7, 11) is -2.50. The zero-order valence-electron chi connectivity index (χ0n) is 17.6. The molecule has 1 unspecified atom stereocenters. The fraction of sp³-hybridized carbons (Fsp3) is 0.333. The number of esters is 1. The molecule has 11 heteroatoms. The molecule has 0 radical (unpaired) electrons. The Morgan fingerprint density at radius 2 is 2.00 bits per heavy atom. The van der Waals surface area contributed by atoms with E-state index in [2.05, 4.69) is 15.0 Å². The molecule has 10 nitrogen and oxygen atoms in total. The van der Waals surface area contributed by atoms with E-state index in [0.717, 1.165) is 11.6 Å². The monoisotopic (exact) mass is 461 g/mol. The van der Waals surface area contributed by atoms with Crippen LogP contribution in [-0.2, 0) is 28.6 Å². The van der Waals surface area contributed by atoms with Crippen molar-refractivity contribution in [3.05, 3.63) is 53.9 Å². The summed E-state index contributed by atoms with van der Waals surface area (Å²) >= 11 is 0. The van der Waals surface area contributed by atoms with Crippen molar-refractivity contribution >= 4 is 38.7 Å². The van der Waals surface area contributed by atoms with Gasteiger partial charge < -0.3 is 15.0 Å². The molecule has 2 heterocycles. The molecule has 1 aliphatic heterocycles. The van der Waals surface area contributed by atoms with E-state index in [0.29, 0.717) is 11.0 Å². The quantitative estimate of drug-likeness (QED) is 0.361. The number of benzene rings is 1. The zero-order chi connectivity index (χ0) is 23.3. The van der Waals surface area contributed by atoms with Crippen LogP contribution in [0.25, 0.3) is 10.8 Å². The summed E-state index contributed by atoms with van der Waals surface area (Å²) in [5.41, 5.74) is 0.650. The average molecular weight is 461 g/mol. The highest BCUT2D eigenvalue weighted by Gasteiger charge is 2.31. The Labute approximate surface area is 185 Å². The van der Waals surface area contributed by atoms with Crippen molar-refractivity contribution < 1.29 is 31.7 Å². The summed E-state index contributed by atoms with van der Waals surface area (Å²) < 4.78 is 32.1. The number of nitrogens with zero attached hydrogens (tertiary/aromatic N) is 2. The summed E-state index contributed by atoms with van der Waals surface area (Å²) in [5.74, 6) is -1.69. The van der Waals surface area contributed by atoms with E-state index in [1.54, 1.807) is 24.3 Å². The number of carbonyl (C=O) groups excluding carboxylic acids is 3. The van der Waals surface area contributed by atoms with Gasteiger partial charge in [-0.1, -0.05) is 30.3 Å². The number of carbonyl (C=O) groups is 3. The lowest BCUT2D eigenvalue weighted by molar-refractivity contribution is -0.147. The molecule has 2 aromatic rings. The minimum absolute atomic E-state index is 0.0393. The van der Waals surface area contributed by atoms with Crippen LogP contribution in [0.1, 0.15) is 16.9 Å². The second-order valence-corrected chi connectivity index (χ2v) is 8.89. The van der Waals surface area contributed by atoms with Gasteiger partial charge in [0.1, 0.15) is 18.3 Å². The predicted octanol–water partition coefficient (Wildman–Crippen LogP) is 0.641. The van der Waals surface area contributed by atoms with Crippen molar-refractivity contribution in [2.24, 2.45) is 0 Å². The number of nitrogens with one attached hydrogen (secondary N) is 1. The van der Waals surface area contributed by atoms with Gasteiger partial charge in [-0.2, -0.15) is 8.42 Å². The summed E-state index contributed by atoms with van der Waals surface area (Å²) in [6, 6.07) is 8.03. The highest BCUT2D eigenvalue weighted by atomic mass is 32.2. The third-order valence-corrected chi connectivity index (χ3v) is 5.39. The van der Waals surface area contributed by atoms with Gasteiger partial charge in [-0.25, -0.2) is 0 Å². The fourth-order valence-corrected chi connectivity index (χ4v) is 3.65.